The largest absolute Gasteiger partial charge is 0.476 e. The van der Waals surface area contributed by atoms with Crippen LogP contribution in [-0.2, 0) is 22.9 Å². The number of rotatable bonds is 5. The number of aromatic nitrogens is 4. The number of nitrogen functional groups attached to an aromatic ring is 1. The molecular weight excluding hydrogens is 427 g/mol. The highest BCUT2D eigenvalue weighted by molar-refractivity contribution is 7.49. The SMILES string of the molecule is CCOc1nc(N)nc2c1ncn2[C@@H]1O[C@]2(F)C3OP(=O)(OC(C)C)O[C@]32[C@@]1(C)F. The van der Waals surface area contributed by atoms with E-state index in [0.29, 0.717) is 0 Å². The monoisotopic (exact) mass is 447 g/mol. The summed E-state index contributed by atoms with van der Waals surface area (Å²) in [4.78, 5) is 12.2. The maximum Gasteiger partial charge on any atom is 0.476 e. The van der Waals surface area contributed by atoms with Gasteiger partial charge in [-0.2, -0.15) is 9.97 Å². The second-order valence-electron chi connectivity index (χ2n) is 7.75. The summed E-state index contributed by atoms with van der Waals surface area (Å²) in [6.45, 7) is 6.30. The van der Waals surface area contributed by atoms with Gasteiger partial charge in [-0.05, 0) is 27.7 Å². The minimum Gasteiger partial charge on any atom is -0.476 e. The zero-order valence-electron chi connectivity index (χ0n) is 16.5. The average molecular weight is 447 g/mol. The fourth-order valence-corrected chi connectivity index (χ4v) is 6.11. The summed E-state index contributed by atoms with van der Waals surface area (Å²) in [5.41, 5.74) is 1.22. The van der Waals surface area contributed by atoms with Gasteiger partial charge in [-0.1, -0.05) is 0 Å². The summed E-state index contributed by atoms with van der Waals surface area (Å²) in [5, 5.41) is 0. The number of imidazole rings is 1. The maximum atomic E-state index is 16.1. The summed E-state index contributed by atoms with van der Waals surface area (Å²) in [5.74, 6) is -2.70. The quantitative estimate of drug-likeness (QED) is 0.681. The molecule has 2 aromatic heterocycles. The van der Waals surface area contributed by atoms with Crippen LogP contribution in [0.5, 0.6) is 5.88 Å². The zero-order valence-corrected chi connectivity index (χ0v) is 17.4. The molecule has 2 aromatic rings. The minimum absolute atomic E-state index is 0.0817. The predicted molar refractivity (Wildman–Crippen MR) is 96.9 cm³/mol. The molecule has 2 unspecified atom stereocenters. The lowest BCUT2D eigenvalue weighted by Gasteiger charge is -2.29. The van der Waals surface area contributed by atoms with E-state index in [-0.39, 0.29) is 29.6 Å². The first-order valence-electron chi connectivity index (χ1n) is 9.35. The highest BCUT2D eigenvalue weighted by Gasteiger charge is 3.01. The molecule has 4 heterocycles. The summed E-state index contributed by atoms with van der Waals surface area (Å²) in [7, 11) is -4.16. The fourth-order valence-electron chi connectivity index (χ4n) is 4.16. The first-order valence-corrected chi connectivity index (χ1v) is 10.8. The Morgan fingerprint density at radius 3 is 2.80 bits per heavy atom. The second kappa shape index (κ2) is 5.86. The van der Waals surface area contributed by atoms with E-state index >= 15 is 8.78 Å². The van der Waals surface area contributed by atoms with Crippen LogP contribution in [0.1, 0.15) is 33.9 Å². The Morgan fingerprint density at radius 2 is 2.13 bits per heavy atom. The Bertz CT molecular complexity index is 1100. The number of halogens is 2. The molecule has 3 aliphatic rings. The molecule has 2 N–H and O–H groups in total. The number of alkyl halides is 2. The second-order valence-corrected chi connectivity index (χ2v) is 9.25. The zero-order chi connectivity index (χ0) is 21.7. The Labute approximate surface area is 169 Å². The Morgan fingerprint density at radius 1 is 1.40 bits per heavy atom. The smallest absolute Gasteiger partial charge is 0.476 e. The fraction of sp³-hybridized carbons (Fsp3) is 0.688. The lowest BCUT2D eigenvalue weighted by Crippen LogP contribution is -2.44. The van der Waals surface area contributed by atoms with E-state index in [1.54, 1.807) is 20.8 Å². The highest BCUT2D eigenvalue weighted by atomic mass is 31.2. The number of phosphoric ester groups is 1. The van der Waals surface area contributed by atoms with Crippen LogP contribution in [-0.4, -0.2) is 55.5 Å². The molecular formula is C16H20F2N5O6P. The van der Waals surface area contributed by atoms with E-state index < -0.39 is 43.4 Å². The topological polar surface area (TPSA) is 133 Å². The summed E-state index contributed by atoms with van der Waals surface area (Å²) in [6, 6.07) is 0. The first kappa shape index (κ1) is 20.0. The van der Waals surface area contributed by atoms with Gasteiger partial charge in [-0.15, -0.1) is 0 Å². The first-order chi connectivity index (χ1) is 14.0. The van der Waals surface area contributed by atoms with Crippen molar-refractivity contribution in [1.29, 1.82) is 0 Å². The van der Waals surface area contributed by atoms with Gasteiger partial charge in [-0.3, -0.25) is 18.1 Å². The highest BCUT2D eigenvalue weighted by Crippen LogP contribution is 2.83. The van der Waals surface area contributed by atoms with Gasteiger partial charge in [0.05, 0.1) is 19.0 Å². The summed E-state index contributed by atoms with van der Waals surface area (Å²) >= 11 is 0. The normalized spacial score (nSPS) is 42.0. The molecule has 14 heteroatoms. The molecule has 1 aliphatic carbocycles. The molecule has 0 amide bonds. The third kappa shape index (κ3) is 2.27. The van der Waals surface area contributed by atoms with Crippen LogP contribution in [0, 0.1) is 0 Å². The van der Waals surface area contributed by atoms with Crippen LogP contribution in [0.4, 0.5) is 14.7 Å². The number of hydrogen-bond acceptors (Lipinski definition) is 10. The standard InChI is InChI=1S/C16H20F2N5O6P/c1-5-25-10-8-9(21-13(19)22-10)23(6-20-8)12-14(4,17)15-11(16(15,18)26-12)28-30(24,29-15)27-7(2)3/h6-7,11-12H,5H2,1-4H3,(H2,19,21,22)/t11?,12-,14+,15+,16-,30?/m1/s1. The van der Waals surface area contributed by atoms with Gasteiger partial charge in [-0.25, -0.2) is 18.3 Å². The van der Waals surface area contributed by atoms with Gasteiger partial charge >= 0.3 is 7.82 Å². The molecule has 11 nitrogen and oxygen atoms in total. The van der Waals surface area contributed by atoms with Crippen molar-refractivity contribution < 1.29 is 36.4 Å². The molecule has 3 fully saturated rings. The van der Waals surface area contributed by atoms with Gasteiger partial charge in [0, 0.05) is 0 Å². The van der Waals surface area contributed by atoms with Crippen LogP contribution in [0.2, 0.25) is 0 Å². The Hall–Kier alpha value is -1.92. The number of anilines is 1. The molecule has 164 valence electrons. The lowest BCUT2D eigenvalue weighted by molar-refractivity contribution is -0.155. The molecule has 2 aliphatic heterocycles. The Kier molecular flexibility index (Phi) is 3.91. The van der Waals surface area contributed by atoms with Gasteiger partial charge in [0.2, 0.25) is 17.4 Å². The van der Waals surface area contributed by atoms with Crippen LogP contribution < -0.4 is 10.5 Å². The molecule has 0 aromatic carbocycles. The van der Waals surface area contributed by atoms with Gasteiger partial charge < -0.3 is 15.2 Å². The van der Waals surface area contributed by atoms with Crippen LogP contribution in [0.15, 0.2) is 6.33 Å². The molecule has 1 saturated carbocycles. The van der Waals surface area contributed by atoms with Crippen molar-refractivity contribution in [3.05, 3.63) is 6.33 Å². The minimum atomic E-state index is -4.16. The van der Waals surface area contributed by atoms with E-state index in [2.05, 4.69) is 15.0 Å². The molecule has 0 bridgehead atoms. The van der Waals surface area contributed by atoms with Crippen molar-refractivity contribution in [2.45, 2.75) is 63.3 Å². The summed E-state index contributed by atoms with van der Waals surface area (Å²) < 4.78 is 71.8. The van der Waals surface area contributed by atoms with E-state index in [1.807, 2.05) is 0 Å². The van der Waals surface area contributed by atoms with Crippen LogP contribution in [0.3, 0.4) is 0 Å². The van der Waals surface area contributed by atoms with E-state index in [1.165, 1.54) is 10.9 Å². The molecule has 30 heavy (non-hydrogen) atoms. The van der Waals surface area contributed by atoms with E-state index in [0.717, 1.165) is 6.92 Å². The average Bonchev–Trinajstić information content (AvgIpc) is 3.00. The molecule has 2 saturated heterocycles. The number of phosphoric acid groups is 1. The van der Waals surface area contributed by atoms with Gasteiger partial charge in [0.15, 0.2) is 29.2 Å². The van der Waals surface area contributed by atoms with Crippen molar-refractivity contribution in [2.24, 2.45) is 0 Å². The molecule has 0 radical (unpaired) electrons. The van der Waals surface area contributed by atoms with E-state index in [4.69, 9.17) is 28.8 Å². The lowest BCUT2D eigenvalue weighted by atomic mass is 9.97. The Balaban J connectivity index is 1.56. The summed E-state index contributed by atoms with van der Waals surface area (Å²) in [6.07, 6.45) is -2.43. The molecule has 1 spiro atoms. The molecule has 5 rings (SSSR count). The number of hydrogen-bond donors (Lipinski definition) is 1. The number of nitrogens with two attached hydrogens (primary N) is 1. The number of fused-ring (bicyclic) bond motifs is 2. The third-order valence-electron chi connectivity index (χ3n) is 5.37. The van der Waals surface area contributed by atoms with Gasteiger partial charge in [0.1, 0.15) is 0 Å². The number of nitrogens with zero attached hydrogens (tertiary/aromatic N) is 4. The third-order valence-corrected chi connectivity index (χ3v) is 7.03. The van der Waals surface area contributed by atoms with Crippen molar-refractivity contribution in [3.63, 3.8) is 0 Å². The van der Waals surface area contributed by atoms with Crippen molar-refractivity contribution in [2.75, 3.05) is 12.3 Å². The maximum absolute atomic E-state index is 16.1. The van der Waals surface area contributed by atoms with Crippen molar-refractivity contribution in [3.8, 4) is 5.88 Å². The van der Waals surface area contributed by atoms with E-state index in [9.17, 15) is 4.57 Å². The van der Waals surface area contributed by atoms with Crippen molar-refractivity contribution in [1.82, 2.24) is 19.5 Å². The molecule has 6 atom stereocenters. The predicted octanol–water partition coefficient (Wildman–Crippen LogP) is 2.43. The van der Waals surface area contributed by atoms with Crippen LogP contribution in [0.25, 0.3) is 11.2 Å². The van der Waals surface area contributed by atoms with Crippen molar-refractivity contribution >= 4 is 24.9 Å². The van der Waals surface area contributed by atoms with Gasteiger partial charge in [0.25, 0.3) is 5.85 Å². The van der Waals surface area contributed by atoms with Crippen LogP contribution >= 0.6 is 7.82 Å². The number of ether oxygens (including phenoxy) is 2.